The van der Waals surface area contributed by atoms with Crippen molar-refractivity contribution in [3.63, 3.8) is 0 Å². The summed E-state index contributed by atoms with van der Waals surface area (Å²) in [5, 5.41) is 3.02. The van der Waals surface area contributed by atoms with Crippen LogP contribution in [-0.2, 0) is 16.4 Å². The van der Waals surface area contributed by atoms with Gasteiger partial charge in [-0.15, -0.1) is 0 Å². The second-order valence-corrected chi connectivity index (χ2v) is 6.42. The van der Waals surface area contributed by atoms with Crippen LogP contribution in [0.3, 0.4) is 0 Å². The van der Waals surface area contributed by atoms with E-state index < -0.39 is 10.0 Å². The summed E-state index contributed by atoms with van der Waals surface area (Å²) >= 11 is 0. The van der Waals surface area contributed by atoms with Crippen LogP contribution in [0, 0.1) is 6.92 Å². The molecule has 4 N–H and O–H groups in total. The maximum Gasteiger partial charge on any atom is 0.213 e. The number of nitrogens with two attached hydrogens (primary N) is 1. The number of nitrogens with one attached hydrogen (secondary N) is 2. The van der Waals surface area contributed by atoms with Gasteiger partial charge in [-0.05, 0) is 13.3 Å². The number of hydrogen-bond donors (Lipinski definition) is 3. The molecule has 0 saturated heterocycles. The van der Waals surface area contributed by atoms with Gasteiger partial charge in [-0.1, -0.05) is 13.8 Å². The fourth-order valence-corrected chi connectivity index (χ4v) is 2.64. The molecule has 114 valence electrons. The monoisotopic (exact) mass is 301 g/mol. The Morgan fingerprint density at radius 3 is 2.55 bits per heavy atom. The fraction of sp³-hybridized carbons (Fsp3) is 0.667. The standard InChI is InChI=1S/C12H23N5O2S/c1-4-6-10-16-11(13)9(3)12(17-10)14-7-8-20(18,19)15-5-2/h15H,4-8H2,1-3H3,(H3,13,14,16,17). The molecule has 0 radical (unpaired) electrons. The normalized spacial score (nSPS) is 11.6. The van der Waals surface area contributed by atoms with E-state index in [-0.39, 0.29) is 12.3 Å². The maximum absolute atomic E-state index is 11.5. The minimum Gasteiger partial charge on any atom is -0.383 e. The Morgan fingerprint density at radius 2 is 1.95 bits per heavy atom. The number of rotatable bonds is 8. The molecule has 0 aliphatic rings. The lowest BCUT2D eigenvalue weighted by atomic mass is 10.2. The van der Waals surface area contributed by atoms with Gasteiger partial charge in [0.05, 0.1) is 5.75 Å². The third-order valence-electron chi connectivity index (χ3n) is 2.73. The van der Waals surface area contributed by atoms with Crippen LogP contribution >= 0.6 is 0 Å². The van der Waals surface area contributed by atoms with Crippen molar-refractivity contribution in [1.82, 2.24) is 14.7 Å². The predicted molar refractivity (Wildman–Crippen MR) is 81.1 cm³/mol. The summed E-state index contributed by atoms with van der Waals surface area (Å²) in [4.78, 5) is 8.58. The Bertz CT molecular complexity index is 545. The Labute approximate surface area is 120 Å². The van der Waals surface area contributed by atoms with Gasteiger partial charge in [-0.2, -0.15) is 0 Å². The molecule has 20 heavy (non-hydrogen) atoms. The van der Waals surface area contributed by atoms with Crippen LogP contribution in [0.25, 0.3) is 0 Å². The molecule has 0 fully saturated rings. The quantitative estimate of drug-likeness (QED) is 0.651. The topological polar surface area (TPSA) is 110 Å². The Balaban J connectivity index is 2.72. The van der Waals surface area contributed by atoms with Gasteiger partial charge in [0.2, 0.25) is 10.0 Å². The second kappa shape index (κ2) is 7.39. The molecule has 1 aromatic rings. The summed E-state index contributed by atoms with van der Waals surface area (Å²) in [6.45, 7) is 6.26. The first-order chi connectivity index (χ1) is 9.39. The van der Waals surface area contributed by atoms with Crippen molar-refractivity contribution in [3.05, 3.63) is 11.4 Å². The molecule has 0 atom stereocenters. The number of nitrogen functional groups attached to an aromatic ring is 1. The molecule has 0 spiro atoms. The van der Waals surface area contributed by atoms with Gasteiger partial charge in [-0.25, -0.2) is 23.1 Å². The molecule has 7 nitrogen and oxygen atoms in total. The number of nitrogens with zero attached hydrogens (tertiary/aromatic N) is 2. The third-order valence-corrected chi connectivity index (χ3v) is 4.20. The molecule has 8 heteroatoms. The molecule has 0 aromatic carbocycles. The zero-order valence-corrected chi connectivity index (χ0v) is 13.0. The lowest BCUT2D eigenvalue weighted by Crippen LogP contribution is -2.29. The Kier molecular flexibility index (Phi) is 6.15. The third kappa shape index (κ3) is 4.93. The summed E-state index contributed by atoms with van der Waals surface area (Å²) in [6.07, 6.45) is 1.67. The molecule has 1 heterocycles. The highest BCUT2D eigenvalue weighted by atomic mass is 32.2. The fourth-order valence-electron chi connectivity index (χ4n) is 1.69. The van der Waals surface area contributed by atoms with E-state index in [4.69, 9.17) is 5.73 Å². The van der Waals surface area contributed by atoms with E-state index in [2.05, 4.69) is 20.0 Å². The summed E-state index contributed by atoms with van der Waals surface area (Å²) in [5.41, 5.74) is 6.58. The highest BCUT2D eigenvalue weighted by molar-refractivity contribution is 7.89. The molecule has 0 amide bonds. The van der Waals surface area contributed by atoms with Crippen LogP contribution < -0.4 is 15.8 Å². The summed E-state index contributed by atoms with van der Waals surface area (Å²) in [5.74, 6) is 1.70. The summed E-state index contributed by atoms with van der Waals surface area (Å²) in [6, 6.07) is 0. The highest BCUT2D eigenvalue weighted by Gasteiger charge is 2.11. The van der Waals surface area contributed by atoms with Crippen LogP contribution in [0.15, 0.2) is 0 Å². The Hall–Kier alpha value is -1.41. The minimum atomic E-state index is -3.23. The van der Waals surface area contributed by atoms with E-state index in [0.717, 1.165) is 18.4 Å². The highest BCUT2D eigenvalue weighted by Crippen LogP contribution is 2.17. The first-order valence-corrected chi connectivity index (χ1v) is 8.39. The van der Waals surface area contributed by atoms with Crippen molar-refractivity contribution in [3.8, 4) is 0 Å². The summed E-state index contributed by atoms with van der Waals surface area (Å²) < 4.78 is 25.5. The van der Waals surface area contributed by atoms with Crippen LogP contribution in [0.1, 0.15) is 31.7 Å². The number of anilines is 2. The number of hydrogen-bond acceptors (Lipinski definition) is 6. The lowest BCUT2D eigenvalue weighted by Gasteiger charge is -2.12. The van der Waals surface area contributed by atoms with Gasteiger partial charge in [0.1, 0.15) is 17.5 Å². The van der Waals surface area contributed by atoms with Gasteiger partial charge in [0, 0.05) is 25.1 Å². The first-order valence-electron chi connectivity index (χ1n) is 6.73. The van der Waals surface area contributed by atoms with E-state index in [1.807, 2.05) is 13.8 Å². The van der Waals surface area contributed by atoms with Gasteiger partial charge in [-0.3, -0.25) is 0 Å². The predicted octanol–water partition coefficient (Wildman–Crippen LogP) is 0.671. The minimum absolute atomic E-state index is 0.00665. The largest absolute Gasteiger partial charge is 0.383 e. The molecule has 0 aliphatic heterocycles. The van der Waals surface area contributed by atoms with Gasteiger partial charge >= 0.3 is 0 Å². The lowest BCUT2D eigenvalue weighted by molar-refractivity contribution is 0.584. The number of aryl methyl sites for hydroxylation is 1. The Morgan fingerprint density at radius 1 is 1.25 bits per heavy atom. The molecule has 0 unspecified atom stereocenters. The van der Waals surface area contributed by atoms with Gasteiger partial charge in [0.25, 0.3) is 0 Å². The van der Waals surface area contributed by atoms with E-state index >= 15 is 0 Å². The smallest absolute Gasteiger partial charge is 0.213 e. The SMILES string of the molecule is CCCc1nc(N)c(C)c(NCCS(=O)(=O)NCC)n1. The van der Waals surface area contributed by atoms with Crippen molar-refractivity contribution in [2.24, 2.45) is 0 Å². The summed E-state index contributed by atoms with van der Waals surface area (Å²) in [7, 11) is -3.23. The van der Waals surface area contributed by atoms with Crippen molar-refractivity contribution in [2.45, 2.75) is 33.6 Å². The molecule has 1 aromatic heterocycles. The van der Waals surface area contributed by atoms with Gasteiger partial charge < -0.3 is 11.1 Å². The number of sulfonamides is 1. The van der Waals surface area contributed by atoms with Crippen LogP contribution in [0.5, 0.6) is 0 Å². The number of aromatic nitrogens is 2. The van der Waals surface area contributed by atoms with E-state index in [0.29, 0.717) is 24.0 Å². The van der Waals surface area contributed by atoms with Crippen LogP contribution in [0.4, 0.5) is 11.6 Å². The molecular weight excluding hydrogens is 278 g/mol. The van der Waals surface area contributed by atoms with Crippen LogP contribution in [-0.4, -0.2) is 37.2 Å². The van der Waals surface area contributed by atoms with Crippen molar-refractivity contribution < 1.29 is 8.42 Å². The zero-order chi connectivity index (χ0) is 15.2. The first kappa shape index (κ1) is 16.6. The zero-order valence-electron chi connectivity index (χ0n) is 12.2. The van der Waals surface area contributed by atoms with Crippen molar-refractivity contribution in [1.29, 1.82) is 0 Å². The van der Waals surface area contributed by atoms with Gasteiger partial charge in [0.15, 0.2) is 0 Å². The molecule has 0 aliphatic carbocycles. The van der Waals surface area contributed by atoms with Crippen molar-refractivity contribution >= 4 is 21.7 Å². The average molecular weight is 301 g/mol. The van der Waals surface area contributed by atoms with E-state index in [1.54, 1.807) is 6.92 Å². The van der Waals surface area contributed by atoms with E-state index in [9.17, 15) is 8.42 Å². The van der Waals surface area contributed by atoms with E-state index in [1.165, 1.54) is 0 Å². The molecular formula is C12H23N5O2S. The van der Waals surface area contributed by atoms with Crippen LogP contribution in [0.2, 0.25) is 0 Å². The molecule has 1 rings (SSSR count). The maximum atomic E-state index is 11.5. The average Bonchev–Trinajstić information content (AvgIpc) is 2.35. The molecule has 0 bridgehead atoms. The van der Waals surface area contributed by atoms with Crippen molar-refractivity contribution in [2.75, 3.05) is 29.9 Å². The second-order valence-electron chi connectivity index (χ2n) is 4.49. The molecule has 0 saturated carbocycles.